The number of nitrogens with zero attached hydrogens (tertiary/aromatic N) is 4. The van der Waals surface area contributed by atoms with Gasteiger partial charge < -0.3 is 15.0 Å². The van der Waals surface area contributed by atoms with Gasteiger partial charge in [-0.3, -0.25) is 9.69 Å². The van der Waals surface area contributed by atoms with Gasteiger partial charge in [0, 0.05) is 31.4 Å². The lowest BCUT2D eigenvalue weighted by molar-refractivity contribution is -0.121. The zero-order chi connectivity index (χ0) is 18.8. The van der Waals surface area contributed by atoms with Gasteiger partial charge in [-0.2, -0.15) is 0 Å². The van der Waals surface area contributed by atoms with E-state index in [2.05, 4.69) is 25.1 Å². The second-order valence-corrected chi connectivity index (χ2v) is 7.54. The van der Waals surface area contributed by atoms with Crippen molar-refractivity contribution in [2.75, 3.05) is 43.2 Å². The average Bonchev–Trinajstić information content (AvgIpc) is 2.72. The summed E-state index contributed by atoms with van der Waals surface area (Å²) in [5, 5.41) is 3.76. The Morgan fingerprint density at radius 2 is 2.07 bits per heavy atom. The van der Waals surface area contributed by atoms with Crippen LogP contribution in [0.4, 0.5) is 11.5 Å². The van der Waals surface area contributed by atoms with Crippen molar-refractivity contribution in [3.63, 3.8) is 0 Å². The molecule has 4 heterocycles. The van der Waals surface area contributed by atoms with Gasteiger partial charge in [0.15, 0.2) is 5.16 Å². The highest BCUT2D eigenvalue weighted by molar-refractivity contribution is 7.98. The van der Waals surface area contributed by atoms with Gasteiger partial charge in [0.05, 0.1) is 19.3 Å². The molecule has 7 nitrogen and oxygen atoms in total. The number of carbonyl (C=O) groups is 1. The maximum atomic E-state index is 12.5. The molecular weight excluding hydrogens is 362 g/mol. The van der Waals surface area contributed by atoms with Crippen LogP contribution >= 0.6 is 11.8 Å². The number of hydrogen-bond acceptors (Lipinski definition) is 7. The molecule has 3 aliphatic rings. The highest BCUT2D eigenvalue weighted by atomic mass is 32.2. The number of carbonyl (C=O) groups excluding carboxylic acids is 1. The van der Waals surface area contributed by atoms with Crippen LogP contribution in [-0.4, -0.2) is 65.9 Å². The van der Waals surface area contributed by atoms with Gasteiger partial charge in [-0.25, -0.2) is 9.97 Å². The topological polar surface area (TPSA) is 70.6 Å². The number of piperazine rings is 1. The van der Waals surface area contributed by atoms with E-state index in [0.717, 1.165) is 30.5 Å². The molecule has 2 atom stereocenters. The van der Waals surface area contributed by atoms with Crippen molar-refractivity contribution in [2.45, 2.75) is 23.7 Å². The summed E-state index contributed by atoms with van der Waals surface area (Å²) >= 11 is 1.55. The predicted octanol–water partition coefficient (Wildman–Crippen LogP) is 2.11. The molecule has 0 spiro atoms. The number of rotatable bonds is 6. The highest BCUT2D eigenvalue weighted by Crippen LogP contribution is 2.34. The van der Waals surface area contributed by atoms with Gasteiger partial charge in [0.1, 0.15) is 11.6 Å². The van der Waals surface area contributed by atoms with E-state index in [1.54, 1.807) is 18.9 Å². The van der Waals surface area contributed by atoms with Crippen LogP contribution in [0, 0.1) is 0 Å². The molecule has 0 aliphatic carbocycles. The second-order valence-electron chi connectivity index (χ2n) is 6.77. The van der Waals surface area contributed by atoms with Crippen molar-refractivity contribution >= 4 is 29.2 Å². The number of fused-ring (bicyclic) bond motifs is 2. The first kappa shape index (κ1) is 18.1. The third kappa shape index (κ3) is 3.72. The molecule has 2 bridgehead atoms. The smallest absolute Gasteiger partial charge is 0.238 e. The van der Waals surface area contributed by atoms with E-state index < -0.39 is 0 Å². The Morgan fingerprint density at radius 1 is 1.30 bits per heavy atom. The van der Waals surface area contributed by atoms with Gasteiger partial charge in [0.25, 0.3) is 0 Å². The van der Waals surface area contributed by atoms with Crippen LogP contribution in [0.25, 0.3) is 0 Å². The SMILES string of the molecule is COc1ccccc1NC(=O)CN1C2CC1CN(c1ccnc(SC)n1)C2. The molecular formula is C19H23N5O2S. The van der Waals surface area contributed by atoms with E-state index in [-0.39, 0.29) is 5.91 Å². The van der Waals surface area contributed by atoms with Crippen molar-refractivity contribution in [1.29, 1.82) is 0 Å². The number of amides is 1. The van der Waals surface area contributed by atoms with Crippen LogP contribution in [-0.2, 0) is 4.79 Å². The number of aromatic nitrogens is 2. The van der Waals surface area contributed by atoms with E-state index in [1.807, 2.05) is 42.8 Å². The van der Waals surface area contributed by atoms with Crippen molar-refractivity contribution in [1.82, 2.24) is 14.9 Å². The normalized spacial score (nSPS) is 21.5. The number of ether oxygens (including phenoxy) is 1. The Hall–Kier alpha value is -2.32. The molecule has 2 aromatic rings. The first-order chi connectivity index (χ1) is 13.2. The summed E-state index contributed by atoms with van der Waals surface area (Å²) in [6.45, 7) is 2.19. The molecule has 3 saturated heterocycles. The summed E-state index contributed by atoms with van der Waals surface area (Å²) in [6.07, 6.45) is 4.93. The largest absolute Gasteiger partial charge is 0.495 e. The fraction of sp³-hybridized carbons (Fsp3) is 0.421. The highest BCUT2D eigenvalue weighted by Gasteiger charge is 2.45. The minimum atomic E-state index is -0.00523. The van der Waals surface area contributed by atoms with Crippen molar-refractivity contribution in [2.24, 2.45) is 0 Å². The summed E-state index contributed by atoms with van der Waals surface area (Å²) in [4.78, 5) is 25.9. The fourth-order valence-corrected chi connectivity index (χ4v) is 4.19. The molecule has 3 fully saturated rings. The number of para-hydroxylation sites is 2. The number of piperidine rings is 1. The molecule has 3 aliphatic heterocycles. The molecule has 1 aromatic carbocycles. The summed E-state index contributed by atoms with van der Waals surface area (Å²) in [5.41, 5.74) is 0.711. The molecule has 2 unspecified atom stereocenters. The van der Waals surface area contributed by atoms with E-state index in [1.165, 1.54) is 0 Å². The predicted molar refractivity (Wildman–Crippen MR) is 107 cm³/mol. The Balaban J connectivity index is 1.35. The molecule has 1 aromatic heterocycles. The molecule has 0 saturated carbocycles. The maximum absolute atomic E-state index is 12.5. The molecule has 1 N–H and O–H groups in total. The lowest BCUT2D eigenvalue weighted by Crippen LogP contribution is -2.69. The molecule has 0 radical (unpaired) electrons. The zero-order valence-corrected chi connectivity index (χ0v) is 16.3. The summed E-state index contributed by atoms with van der Waals surface area (Å²) in [6, 6.07) is 10.2. The van der Waals surface area contributed by atoms with Crippen molar-refractivity contribution in [3.05, 3.63) is 36.5 Å². The molecule has 27 heavy (non-hydrogen) atoms. The number of benzene rings is 1. The summed E-state index contributed by atoms with van der Waals surface area (Å²) < 4.78 is 5.30. The van der Waals surface area contributed by atoms with Crippen LogP contribution in [0.5, 0.6) is 5.75 Å². The van der Waals surface area contributed by atoms with Gasteiger partial charge in [0.2, 0.25) is 5.91 Å². The number of hydrogen-bond donors (Lipinski definition) is 1. The molecule has 8 heteroatoms. The maximum Gasteiger partial charge on any atom is 0.238 e. The summed E-state index contributed by atoms with van der Waals surface area (Å²) in [7, 11) is 1.61. The van der Waals surface area contributed by atoms with Gasteiger partial charge >= 0.3 is 0 Å². The first-order valence-electron chi connectivity index (χ1n) is 8.98. The second kappa shape index (κ2) is 7.74. The zero-order valence-electron chi connectivity index (χ0n) is 15.5. The van der Waals surface area contributed by atoms with Crippen LogP contribution in [0.1, 0.15) is 6.42 Å². The van der Waals surface area contributed by atoms with E-state index in [4.69, 9.17) is 4.74 Å². The van der Waals surface area contributed by atoms with E-state index in [9.17, 15) is 4.79 Å². The molecule has 1 amide bonds. The van der Waals surface area contributed by atoms with Gasteiger partial charge in [-0.05, 0) is 30.9 Å². The van der Waals surface area contributed by atoms with Crippen molar-refractivity contribution in [3.8, 4) is 5.75 Å². The first-order valence-corrected chi connectivity index (χ1v) is 10.2. The Labute approximate surface area is 163 Å². The number of anilines is 2. The monoisotopic (exact) mass is 385 g/mol. The third-order valence-electron chi connectivity index (χ3n) is 5.18. The van der Waals surface area contributed by atoms with Crippen LogP contribution < -0.4 is 15.0 Å². The Kier molecular flexibility index (Phi) is 5.18. The number of methoxy groups -OCH3 is 1. The quantitative estimate of drug-likeness (QED) is 0.603. The lowest BCUT2D eigenvalue weighted by atomic mass is 9.87. The minimum Gasteiger partial charge on any atom is -0.495 e. The van der Waals surface area contributed by atoms with Crippen LogP contribution in [0.3, 0.4) is 0 Å². The van der Waals surface area contributed by atoms with Gasteiger partial charge in [-0.1, -0.05) is 23.9 Å². The number of nitrogens with one attached hydrogen (secondary N) is 1. The Morgan fingerprint density at radius 3 is 2.81 bits per heavy atom. The number of thioether (sulfide) groups is 1. The Bertz CT molecular complexity index is 821. The van der Waals surface area contributed by atoms with Crippen LogP contribution in [0.15, 0.2) is 41.7 Å². The third-order valence-corrected chi connectivity index (χ3v) is 5.74. The molecule has 142 valence electrons. The standard InChI is InChI=1S/C19H23N5O2S/c1-26-16-6-4-3-5-15(16)21-18(25)12-24-13-9-14(24)11-23(10-13)17-7-8-20-19(22-17)27-2/h3-8,13-14H,9-12H2,1-2H3,(H,21,25). The van der Waals surface area contributed by atoms with Crippen LogP contribution in [0.2, 0.25) is 0 Å². The van der Waals surface area contributed by atoms with Gasteiger partial charge in [-0.15, -0.1) is 0 Å². The van der Waals surface area contributed by atoms with E-state index >= 15 is 0 Å². The minimum absolute atomic E-state index is 0.00523. The fourth-order valence-electron chi connectivity index (χ4n) is 3.84. The molecule has 5 rings (SSSR count). The van der Waals surface area contributed by atoms with Crippen molar-refractivity contribution < 1.29 is 9.53 Å². The lowest BCUT2D eigenvalue weighted by Gasteiger charge is -2.56. The summed E-state index contributed by atoms with van der Waals surface area (Å²) in [5.74, 6) is 1.64. The van der Waals surface area contributed by atoms with E-state index in [0.29, 0.717) is 30.1 Å². The average molecular weight is 385 g/mol.